The van der Waals surface area contributed by atoms with Crippen LogP contribution in [0, 0.1) is 6.92 Å². The second-order valence-electron chi connectivity index (χ2n) is 3.86. The summed E-state index contributed by atoms with van der Waals surface area (Å²) in [4.78, 5) is 16.1. The second kappa shape index (κ2) is 4.19. The Hall–Kier alpha value is -1.72. The Labute approximate surface area is 111 Å². The van der Waals surface area contributed by atoms with Crippen molar-refractivity contribution in [3.05, 3.63) is 40.3 Å². The summed E-state index contributed by atoms with van der Waals surface area (Å²) in [6.07, 6.45) is 0. The van der Waals surface area contributed by atoms with Gasteiger partial charge in [0.05, 0.1) is 9.88 Å². The first-order chi connectivity index (χ1) is 8.66. The predicted octanol–water partition coefficient (Wildman–Crippen LogP) is 4.03. The van der Waals surface area contributed by atoms with E-state index in [2.05, 4.69) is 4.98 Å². The van der Waals surface area contributed by atoms with E-state index in [-0.39, 0.29) is 5.69 Å². The van der Waals surface area contributed by atoms with E-state index >= 15 is 0 Å². The van der Waals surface area contributed by atoms with E-state index in [0.29, 0.717) is 0 Å². The number of carboxylic acid groups (broad SMARTS) is 1. The zero-order chi connectivity index (χ0) is 12.7. The molecule has 90 valence electrons. The van der Waals surface area contributed by atoms with Crippen molar-refractivity contribution < 1.29 is 9.90 Å². The summed E-state index contributed by atoms with van der Waals surface area (Å²) in [6, 6.07) is 8.01. The summed E-state index contributed by atoms with van der Waals surface area (Å²) < 4.78 is 1.16. The zero-order valence-corrected chi connectivity index (χ0v) is 11.1. The van der Waals surface area contributed by atoms with Gasteiger partial charge in [-0.05, 0) is 13.0 Å². The highest BCUT2D eigenvalue weighted by Crippen LogP contribution is 2.38. The first-order valence-electron chi connectivity index (χ1n) is 5.34. The quantitative estimate of drug-likeness (QED) is 0.768. The van der Waals surface area contributed by atoms with Crippen molar-refractivity contribution in [1.82, 2.24) is 4.98 Å². The van der Waals surface area contributed by atoms with Crippen LogP contribution in [0.25, 0.3) is 20.5 Å². The Morgan fingerprint density at radius 3 is 2.89 bits per heavy atom. The van der Waals surface area contributed by atoms with Gasteiger partial charge in [0.25, 0.3) is 0 Å². The average Bonchev–Trinajstić information content (AvgIpc) is 2.92. The lowest BCUT2D eigenvalue weighted by Crippen LogP contribution is -1.98. The van der Waals surface area contributed by atoms with Crippen molar-refractivity contribution in [2.24, 2.45) is 0 Å². The molecule has 1 N–H and O–H groups in total. The normalized spacial score (nSPS) is 10.9. The number of aromatic carboxylic acids is 1. The summed E-state index contributed by atoms with van der Waals surface area (Å²) >= 11 is 3.05. The molecule has 0 unspecified atom stereocenters. The molecular formula is C13H9NO2S2. The van der Waals surface area contributed by atoms with E-state index in [1.807, 2.05) is 36.6 Å². The lowest BCUT2D eigenvalue weighted by atomic mass is 10.1. The van der Waals surface area contributed by atoms with Crippen LogP contribution in [-0.2, 0) is 0 Å². The summed E-state index contributed by atoms with van der Waals surface area (Å²) in [5.41, 5.74) is 1.12. The lowest BCUT2D eigenvalue weighted by Gasteiger charge is -1.97. The minimum absolute atomic E-state index is 0.154. The van der Waals surface area contributed by atoms with E-state index in [0.717, 1.165) is 25.5 Å². The van der Waals surface area contributed by atoms with E-state index < -0.39 is 5.97 Å². The van der Waals surface area contributed by atoms with Crippen LogP contribution in [0.2, 0.25) is 0 Å². The van der Waals surface area contributed by atoms with Crippen molar-refractivity contribution >= 4 is 38.7 Å². The first kappa shape index (κ1) is 11.4. The van der Waals surface area contributed by atoms with Crippen LogP contribution in [0.5, 0.6) is 0 Å². The van der Waals surface area contributed by atoms with Crippen molar-refractivity contribution in [3.63, 3.8) is 0 Å². The number of aromatic nitrogens is 1. The molecule has 1 aromatic carbocycles. The molecule has 18 heavy (non-hydrogen) atoms. The highest BCUT2D eigenvalue weighted by atomic mass is 32.1. The molecule has 5 heteroatoms. The Bertz CT molecular complexity index is 742. The molecule has 0 bridgehead atoms. The maximum absolute atomic E-state index is 11.2. The molecule has 0 radical (unpaired) electrons. The zero-order valence-electron chi connectivity index (χ0n) is 9.51. The van der Waals surface area contributed by atoms with Crippen LogP contribution in [-0.4, -0.2) is 16.1 Å². The fourth-order valence-corrected chi connectivity index (χ4v) is 3.88. The van der Waals surface area contributed by atoms with E-state index in [1.54, 1.807) is 11.3 Å². The number of carbonyl (C=O) groups is 1. The number of fused-ring (bicyclic) bond motifs is 1. The van der Waals surface area contributed by atoms with Gasteiger partial charge in [0.2, 0.25) is 0 Å². The number of rotatable bonds is 2. The number of hydrogen-bond acceptors (Lipinski definition) is 4. The number of nitrogens with zero attached hydrogens (tertiary/aromatic N) is 1. The minimum atomic E-state index is -0.968. The number of benzene rings is 1. The molecule has 0 spiro atoms. The van der Waals surface area contributed by atoms with Gasteiger partial charge in [0.15, 0.2) is 5.69 Å². The smallest absolute Gasteiger partial charge is 0.356 e. The predicted molar refractivity (Wildman–Crippen MR) is 74.6 cm³/mol. The van der Waals surface area contributed by atoms with Crippen LogP contribution in [0.15, 0.2) is 29.6 Å². The van der Waals surface area contributed by atoms with Crippen molar-refractivity contribution in [2.75, 3.05) is 0 Å². The van der Waals surface area contributed by atoms with Crippen molar-refractivity contribution in [2.45, 2.75) is 6.92 Å². The van der Waals surface area contributed by atoms with Gasteiger partial charge in [0.1, 0.15) is 0 Å². The van der Waals surface area contributed by atoms with Crippen LogP contribution in [0.4, 0.5) is 0 Å². The number of thiazole rings is 1. The first-order valence-corrected chi connectivity index (χ1v) is 7.04. The SMILES string of the molecule is Cc1nc(C(=O)O)c(-c2csc3ccccc23)s1. The molecule has 0 aliphatic heterocycles. The van der Waals surface area contributed by atoms with Crippen LogP contribution < -0.4 is 0 Å². The van der Waals surface area contributed by atoms with E-state index in [9.17, 15) is 9.90 Å². The molecule has 2 aromatic heterocycles. The highest BCUT2D eigenvalue weighted by molar-refractivity contribution is 7.19. The Kier molecular flexibility index (Phi) is 2.65. The molecule has 0 atom stereocenters. The summed E-state index contributed by atoms with van der Waals surface area (Å²) in [6.45, 7) is 1.83. The third-order valence-electron chi connectivity index (χ3n) is 2.66. The Morgan fingerprint density at radius 2 is 2.11 bits per heavy atom. The summed E-state index contributed by atoms with van der Waals surface area (Å²) in [7, 11) is 0. The average molecular weight is 275 g/mol. The summed E-state index contributed by atoms with van der Waals surface area (Å²) in [5.74, 6) is -0.968. The number of hydrogen-bond donors (Lipinski definition) is 1. The third kappa shape index (κ3) is 1.72. The molecule has 3 rings (SSSR count). The molecule has 0 aliphatic rings. The number of thiophene rings is 1. The van der Waals surface area contributed by atoms with Crippen LogP contribution in [0.3, 0.4) is 0 Å². The van der Waals surface area contributed by atoms with Gasteiger partial charge in [-0.3, -0.25) is 0 Å². The molecule has 0 aliphatic carbocycles. The fraction of sp³-hybridized carbons (Fsp3) is 0.0769. The Balaban J connectivity index is 2.29. The molecule has 0 fully saturated rings. The van der Waals surface area contributed by atoms with Gasteiger partial charge in [-0.1, -0.05) is 18.2 Å². The largest absolute Gasteiger partial charge is 0.476 e. The third-order valence-corrected chi connectivity index (χ3v) is 4.63. The fourth-order valence-electron chi connectivity index (χ4n) is 1.91. The van der Waals surface area contributed by atoms with Gasteiger partial charge in [0, 0.05) is 21.0 Å². The molecule has 0 saturated carbocycles. The molecule has 0 saturated heterocycles. The van der Waals surface area contributed by atoms with Crippen molar-refractivity contribution in [1.29, 1.82) is 0 Å². The summed E-state index contributed by atoms with van der Waals surface area (Å²) in [5, 5.41) is 13.1. The monoisotopic (exact) mass is 275 g/mol. The molecule has 2 heterocycles. The maximum Gasteiger partial charge on any atom is 0.356 e. The van der Waals surface area contributed by atoms with Crippen LogP contribution in [0.1, 0.15) is 15.5 Å². The van der Waals surface area contributed by atoms with Crippen molar-refractivity contribution in [3.8, 4) is 10.4 Å². The minimum Gasteiger partial charge on any atom is -0.476 e. The molecular weight excluding hydrogens is 266 g/mol. The van der Waals surface area contributed by atoms with Gasteiger partial charge < -0.3 is 5.11 Å². The maximum atomic E-state index is 11.2. The molecule has 0 amide bonds. The van der Waals surface area contributed by atoms with Gasteiger partial charge in [-0.2, -0.15) is 0 Å². The van der Waals surface area contributed by atoms with Gasteiger partial charge >= 0.3 is 5.97 Å². The number of carboxylic acids is 1. The molecule has 3 aromatic rings. The van der Waals surface area contributed by atoms with E-state index in [1.165, 1.54) is 11.3 Å². The van der Waals surface area contributed by atoms with E-state index in [4.69, 9.17) is 0 Å². The van der Waals surface area contributed by atoms with Crippen LogP contribution >= 0.6 is 22.7 Å². The number of aryl methyl sites for hydroxylation is 1. The highest BCUT2D eigenvalue weighted by Gasteiger charge is 2.19. The van der Waals surface area contributed by atoms with Gasteiger partial charge in [-0.25, -0.2) is 9.78 Å². The Morgan fingerprint density at radius 1 is 1.33 bits per heavy atom. The topological polar surface area (TPSA) is 50.2 Å². The second-order valence-corrected chi connectivity index (χ2v) is 5.98. The van der Waals surface area contributed by atoms with Gasteiger partial charge in [-0.15, -0.1) is 22.7 Å². The standard InChI is InChI=1S/C13H9NO2S2/c1-7-14-11(13(15)16)12(18-7)9-6-17-10-5-3-2-4-8(9)10/h2-6H,1H3,(H,15,16). The molecule has 3 nitrogen and oxygen atoms in total. The lowest BCUT2D eigenvalue weighted by molar-refractivity contribution is 0.0692.